The number of anilines is 1. The van der Waals surface area contributed by atoms with E-state index in [0.717, 1.165) is 11.1 Å². The zero-order valence-electron chi connectivity index (χ0n) is 30.8. The number of halogens is 1. The smallest absolute Gasteiger partial charge is 0.408 e. The first-order valence-electron chi connectivity index (χ1n) is 16.2. The average molecular weight is 816 g/mol. The Morgan fingerprint density at radius 1 is 0.780 bits per heavy atom. The zero-order chi connectivity index (χ0) is 37.0. The summed E-state index contributed by atoms with van der Waals surface area (Å²) in [4.78, 5) is 54.9. The van der Waals surface area contributed by atoms with Gasteiger partial charge >= 0.3 is 24.1 Å². The largest absolute Gasteiger partial charge is 1.00 e. The summed E-state index contributed by atoms with van der Waals surface area (Å²) < 4.78 is 23.4. The molecule has 280 valence electrons. The summed E-state index contributed by atoms with van der Waals surface area (Å²) in [6.45, 7) is 16.1. The summed E-state index contributed by atoms with van der Waals surface area (Å²) in [6, 6.07) is 9.94. The van der Waals surface area contributed by atoms with Crippen LogP contribution in [0, 0.1) is 0 Å². The number of aryl methyl sites for hydroxylation is 1. The Balaban J connectivity index is 0.0000125. The van der Waals surface area contributed by atoms with Gasteiger partial charge in [0, 0.05) is 18.2 Å². The number of alkyl carbamates (subject to hydrolysis) is 2. The average Bonchev–Trinajstić information content (AvgIpc) is 2.95. The molecule has 5 N–H and O–H groups in total. The molecule has 15 heteroatoms. The molecule has 14 nitrogen and oxygen atoms in total. The molecule has 0 saturated carbocycles. The second-order valence-electron chi connectivity index (χ2n) is 14.5. The molecule has 3 amide bonds. The highest BCUT2D eigenvalue weighted by atomic mass is 127. The Labute approximate surface area is 312 Å². The Kier molecular flexibility index (Phi) is 17.4. The van der Waals surface area contributed by atoms with Crippen molar-refractivity contribution in [1.29, 1.82) is 0 Å². The number of carbonyl (C=O) groups excluding carboxylic acids is 4. The number of ether oxygens (including phenoxy) is 4. The number of rotatable bonds is 14. The summed E-state index contributed by atoms with van der Waals surface area (Å²) in [5, 5.41) is 8.26. The second-order valence-corrected chi connectivity index (χ2v) is 14.5. The number of pyridine rings is 1. The molecule has 0 radical (unpaired) electrons. The molecule has 2 unspecified atom stereocenters. The molecular weight excluding hydrogens is 761 g/mol. The van der Waals surface area contributed by atoms with Crippen LogP contribution in [0.2, 0.25) is 0 Å². The van der Waals surface area contributed by atoms with Gasteiger partial charge in [0.05, 0.1) is 13.2 Å². The molecular formula is C35H54IN5O9. The van der Waals surface area contributed by atoms with E-state index >= 15 is 0 Å². The van der Waals surface area contributed by atoms with Crippen LogP contribution in [0.3, 0.4) is 0 Å². The number of benzene rings is 1. The molecule has 0 bridgehead atoms. The number of amides is 3. The molecule has 2 aromatic rings. The minimum atomic E-state index is -1.08. The van der Waals surface area contributed by atoms with Gasteiger partial charge in [0.2, 0.25) is 6.10 Å². The van der Waals surface area contributed by atoms with E-state index in [4.69, 9.17) is 29.7 Å². The van der Waals surface area contributed by atoms with E-state index in [9.17, 15) is 19.2 Å². The van der Waals surface area contributed by atoms with Crippen molar-refractivity contribution < 1.29 is 71.5 Å². The first-order chi connectivity index (χ1) is 22.7. The number of nitrogens with zero attached hydrogens (tertiary/aromatic N) is 1. The number of unbranched alkanes of at least 4 members (excludes halogenated alkanes) is 1. The van der Waals surface area contributed by atoms with Crippen molar-refractivity contribution >= 4 is 29.9 Å². The van der Waals surface area contributed by atoms with Crippen LogP contribution in [-0.2, 0) is 35.7 Å². The molecule has 0 aliphatic carbocycles. The highest BCUT2D eigenvalue weighted by molar-refractivity contribution is 5.95. The van der Waals surface area contributed by atoms with Crippen LogP contribution in [0.25, 0.3) is 11.1 Å². The van der Waals surface area contributed by atoms with Gasteiger partial charge in [0.25, 0.3) is 5.82 Å². The molecule has 2 rings (SSSR count). The maximum atomic E-state index is 13.4. The van der Waals surface area contributed by atoms with Gasteiger partial charge in [-0.05, 0) is 105 Å². The zero-order valence-corrected chi connectivity index (χ0v) is 33.0. The lowest BCUT2D eigenvalue weighted by Gasteiger charge is -2.22. The van der Waals surface area contributed by atoms with Gasteiger partial charge < -0.3 is 53.6 Å². The predicted octanol–water partition coefficient (Wildman–Crippen LogP) is 1.69. The van der Waals surface area contributed by atoms with E-state index in [1.165, 1.54) is 0 Å². The Bertz CT molecular complexity index is 1420. The summed E-state index contributed by atoms with van der Waals surface area (Å²) in [5.74, 6) is 5.26. The molecule has 1 aromatic carbocycles. The Morgan fingerprint density at radius 2 is 1.34 bits per heavy atom. The number of hydrogen-bond acceptors (Lipinski definition) is 10. The van der Waals surface area contributed by atoms with E-state index in [2.05, 4.69) is 16.0 Å². The number of carbonyl (C=O) groups is 4. The highest BCUT2D eigenvalue weighted by Crippen LogP contribution is 2.23. The number of hydrogen-bond donors (Lipinski definition) is 4. The summed E-state index contributed by atoms with van der Waals surface area (Å²) in [5.41, 5.74) is -0.285. The van der Waals surface area contributed by atoms with Crippen molar-refractivity contribution in [2.24, 2.45) is 12.9 Å². The van der Waals surface area contributed by atoms with Crippen molar-refractivity contribution in [2.45, 2.75) is 111 Å². The highest BCUT2D eigenvalue weighted by Gasteiger charge is 2.29. The maximum Gasteiger partial charge on any atom is 0.408 e. The van der Waals surface area contributed by atoms with E-state index in [1.807, 2.05) is 24.4 Å². The van der Waals surface area contributed by atoms with Crippen LogP contribution in [0.1, 0.15) is 81.6 Å². The second kappa shape index (κ2) is 19.6. The minimum Gasteiger partial charge on any atom is -1.00 e. The number of esters is 1. The molecule has 2 atom stereocenters. The number of aromatic nitrogens is 1. The molecule has 1 aromatic heterocycles. The van der Waals surface area contributed by atoms with Gasteiger partial charge in [0.15, 0.2) is 0 Å². The third-order valence-electron chi connectivity index (χ3n) is 6.40. The number of nitrogens with two attached hydrogens (primary N) is 1. The van der Waals surface area contributed by atoms with Crippen molar-refractivity contribution in [3.8, 4) is 16.9 Å². The monoisotopic (exact) mass is 815 g/mol. The van der Waals surface area contributed by atoms with E-state index < -0.39 is 53.0 Å². The third kappa shape index (κ3) is 17.3. The molecule has 0 aliphatic rings. The first kappa shape index (κ1) is 44.3. The Hall–Kier alpha value is -3.70. The fourth-order valence-electron chi connectivity index (χ4n) is 4.26. The van der Waals surface area contributed by atoms with Gasteiger partial charge in [-0.3, -0.25) is 4.84 Å². The lowest BCUT2D eigenvalue weighted by molar-refractivity contribution is -0.656. The first-order valence-corrected chi connectivity index (χ1v) is 16.2. The van der Waals surface area contributed by atoms with Crippen LogP contribution >= 0.6 is 0 Å². The fraction of sp³-hybridized carbons (Fsp3) is 0.571. The van der Waals surface area contributed by atoms with E-state index in [0.29, 0.717) is 37.4 Å². The summed E-state index contributed by atoms with van der Waals surface area (Å²) >= 11 is 0. The lowest BCUT2D eigenvalue weighted by atomic mass is 10.1. The molecule has 0 spiro atoms. The van der Waals surface area contributed by atoms with Crippen molar-refractivity contribution in [3.05, 3.63) is 42.6 Å². The van der Waals surface area contributed by atoms with Gasteiger partial charge in [-0.15, -0.1) is 0 Å². The van der Waals surface area contributed by atoms with Crippen LogP contribution in [0.5, 0.6) is 5.75 Å². The molecule has 0 saturated heterocycles. The molecule has 50 heavy (non-hydrogen) atoms. The quantitative estimate of drug-likeness (QED) is 0.0548. The van der Waals surface area contributed by atoms with Crippen molar-refractivity contribution in [1.82, 2.24) is 10.6 Å². The summed E-state index contributed by atoms with van der Waals surface area (Å²) in [7, 11) is 1.79. The predicted molar refractivity (Wildman–Crippen MR) is 183 cm³/mol. The topological polar surface area (TPSA) is 180 Å². The van der Waals surface area contributed by atoms with E-state index in [-0.39, 0.29) is 30.6 Å². The van der Waals surface area contributed by atoms with Crippen LogP contribution in [0.15, 0.2) is 42.6 Å². The van der Waals surface area contributed by atoms with E-state index in [1.54, 1.807) is 92.1 Å². The van der Waals surface area contributed by atoms with Gasteiger partial charge in [-0.1, -0.05) is 12.1 Å². The molecule has 0 aliphatic heterocycles. The van der Waals surface area contributed by atoms with Crippen molar-refractivity contribution in [2.75, 3.05) is 18.5 Å². The fourth-order valence-corrected chi connectivity index (χ4v) is 4.26. The molecule has 0 fully saturated rings. The van der Waals surface area contributed by atoms with Gasteiger partial charge in [-0.2, -0.15) is 0 Å². The maximum absolute atomic E-state index is 13.4. The van der Waals surface area contributed by atoms with Gasteiger partial charge in [-0.25, -0.2) is 35.0 Å². The third-order valence-corrected chi connectivity index (χ3v) is 6.40. The SMILES string of the molecule is C[n+]1cc(-c2ccc(OCC(ON)C(=O)OC(C)(C)C)cc2)ccc1NC(=O)C(CCCCNC(=O)OC(C)(C)C)NC(=O)OC(C)(C)C.[I-]. The minimum absolute atomic E-state index is 0. The standard InChI is InChI=1S/C35H53N5O9.HI/c1-33(2,3)46-30(42)27(49-36)22-45-25-17-14-23(15-18-25)24-16-19-28(40(10)21-24)39-29(41)26(38-32(44)48-35(7,8)9)13-11-12-20-37-31(43)47-34(4,5)6;/h14-19,21,26-27H,11-13,20,22,36H2,1-10H3,(H2,37,38,43,44);1H. The number of nitrogens with one attached hydrogen (secondary N) is 3. The van der Waals surface area contributed by atoms with Crippen molar-refractivity contribution in [3.63, 3.8) is 0 Å². The Morgan fingerprint density at radius 3 is 1.88 bits per heavy atom. The van der Waals surface area contributed by atoms with Crippen LogP contribution in [-0.4, -0.2) is 66.2 Å². The normalized spacial score (nSPS) is 12.8. The lowest BCUT2D eigenvalue weighted by Crippen LogP contribution is -3.00. The van der Waals surface area contributed by atoms with Crippen LogP contribution in [0.4, 0.5) is 15.4 Å². The molecule has 1 heterocycles. The van der Waals surface area contributed by atoms with Crippen LogP contribution < -0.4 is 55.1 Å². The summed E-state index contributed by atoms with van der Waals surface area (Å²) in [6.07, 6.45) is 0.965. The van der Waals surface area contributed by atoms with Gasteiger partial charge in [0.1, 0.15) is 35.2 Å².